The van der Waals surface area contributed by atoms with Gasteiger partial charge in [-0.05, 0) is 23.8 Å². The number of halogens is 1. The minimum atomic E-state index is -0.460. The largest absolute Gasteiger partial charge is 0.445 e. The van der Waals surface area contributed by atoms with Gasteiger partial charge in [0.2, 0.25) is 0 Å². The molecule has 0 aliphatic carbocycles. The van der Waals surface area contributed by atoms with Crippen LogP contribution in [-0.4, -0.2) is 12.6 Å². The zero-order chi connectivity index (χ0) is 16.5. The minimum absolute atomic E-state index is 0.247. The molecule has 0 saturated carbocycles. The topological polar surface area (TPSA) is 64.3 Å². The van der Waals surface area contributed by atoms with Crippen LogP contribution in [0.5, 0.6) is 0 Å². The van der Waals surface area contributed by atoms with E-state index < -0.39 is 6.09 Å². The molecule has 23 heavy (non-hydrogen) atoms. The minimum Gasteiger partial charge on any atom is -0.445 e. The quantitative estimate of drug-likeness (QED) is 0.512. The molecule has 0 radical (unpaired) electrons. The normalized spacial score (nSPS) is 9.61. The first kappa shape index (κ1) is 16.7. The Balaban J connectivity index is 1.70. The lowest BCUT2D eigenvalue weighted by molar-refractivity contribution is 0.140. The number of nitrogens with one attached hydrogen (secondary N) is 1. The summed E-state index contributed by atoms with van der Waals surface area (Å²) in [6.07, 6.45) is 0.0322. The summed E-state index contributed by atoms with van der Waals surface area (Å²) in [5.74, 6) is 5.87. The van der Waals surface area contributed by atoms with Crippen molar-refractivity contribution in [1.82, 2.24) is 5.32 Å². The lowest BCUT2D eigenvalue weighted by Gasteiger charge is -2.05. The van der Waals surface area contributed by atoms with Gasteiger partial charge in [-0.25, -0.2) is 4.79 Å². The second-order valence-corrected chi connectivity index (χ2v) is 5.21. The van der Waals surface area contributed by atoms with Crippen LogP contribution in [0.15, 0.2) is 48.5 Å². The molecule has 0 spiro atoms. The third-order valence-electron chi connectivity index (χ3n) is 2.97. The van der Waals surface area contributed by atoms with E-state index in [4.69, 9.17) is 22.1 Å². The smallest absolute Gasteiger partial charge is 0.407 e. The van der Waals surface area contributed by atoms with Crippen molar-refractivity contribution in [3.05, 3.63) is 64.7 Å². The molecule has 1 amide bonds. The van der Waals surface area contributed by atoms with Gasteiger partial charge in [0.25, 0.3) is 0 Å². The molecule has 118 valence electrons. The number of benzene rings is 2. The first-order chi connectivity index (χ1) is 11.1. The Morgan fingerprint density at radius 1 is 1.22 bits per heavy atom. The standard InChI is InChI=1S/C18H17ClN2O2/c19-16-9-10-17(20)15(12-16)8-4-5-11-21-18(22)23-13-14-6-2-1-3-7-14/h1-3,6-7,9-10,12H,5,11,13,20H2,(H,21,22). The van der Waals surface area contributed by atoms with Gasteiger partial charge in [0.05, 0.1) is 0 Å². The highest BCUT2D eigenvalue weighted by Crippen LogP contribution is 2.16. The molecule has 0 bridgehead atoms. The molecule has 5 heteroatoms. The Morgan fingerprint density at radius 3 is 2.78 bits per heavy atom. The molecule has 4 nitrogen and oxygen atoms in total. The maximum Gasteiger partial charge on any atom is 0.407 e. The number of hydrogen-bond acceptors (Lipinski definition) is 3. The molecule has 0 saturated heterocycles. The van der Waals surface area contributed by atoms with Crippen LogP contribution < -0.4 is 11.1 Å². The second-order valence-electron chi connectivity index (χ2n) is 4.77. The number of rotatable bonds is 4. The Bertz CT molecular complexity index is 721. The number of nitrogens with two attached hydrogens (primary N) is 1. The molecule has 0 unspecified atom stereocenters. The van der Waals surface area contributed by atoms with Crippen molar-refractivity contribution in [1.29, 1.82) is 0 Å². The lowest BCUT2D eigenvalue weighted by Crippen LogP contribution is -2.24. The van der Waals surface area contributed by atoms with E-state index in [0.717, 1.165) is 5.56 Å². The van der Waals surface area contributed by atoms with E-state index in [2.05, 4.69) is 17.2 Å². The molecule has 3 N–H and O–H groups in total. The van der Waals surface area contributed by atoms with E-state index in [0.29, 0.717) is 29.2 Å². The van der Waals surface area contributed by atoms with E-state index in [1.54, 1.807) is 18.2 Å². The average molecular weight is 329 g/mol. The monoisotopic (exact) mass is 328 g/mol. The van der Waals surface area contributed by atoms with E-state index in [-0.39, 0.29) is 6.61 Å². The van der Waals surface area contributed by atoms with Crippen molar-refractivity contribution in [2.75, 3.05) is 12.3 Å². The van der Waals surface area contributed by atoms with Crippen LogP contribution in [0.2, 0.25) is 5.02 Å². The van der Waals surface area contributed by atoms with Crippen LogP contribution in [0, 0.1) is 11.8 Å². The fourth-order valence-corrected chi connectivity index (χ4v) is 1.97. The predicted molar refractivity (Wildman–Crippen MR) is 92.0 cm³/mol. The maximum atomic E-state index is 11.5. The van der Waals surface area contributed by atoms with Crippen LogP contribution in [0.25, 0.3) is 0 Å². The molecule has 0 heterocycles. The SMILES string of the molecule is Nc1ccc(Cl)cc1C#CCCNC(=O)OCc1ccccc1. The summed E-state index contributed by atoms with van der Waals surface area (Å²) in [6, 6.07) is 14.6. The number of amides is 1. The molecule has 2 aromatic carbocycles. The first-order valence-corrected chi connectivity index (χ1v) is 7.51. The zero-order valence-corrected chi connectivity index (χ0v) is 13.3. The van der Waals surface area contributed by atoms with Crippen molar-refractivity contribution in [2.24, 2.45) is 0 Å². The molecule has 2 aromatic rings. The molecule has 0 atom stereocenters. The van der Waals surface area contributed by atoms with E-state index in [1.165, 1.54) is 0 Å². The number of hydrogen-bond donors (Lipinski definition) is 2. The Labute approximate surface area is 140 Å². The highest BCUT2D eigenvalue weighted by Gasteiger charge is 2.01. The predicted octanol–water partition coefficient (Wildman–Crippen LogP) is 3.59. The van der Waals surface area contributed by atoms with E-state index >= 15 is 0 Å². The summed E-state index contributed by atoms with van der Waals surface area (Å²) in [7, 11) is 0. The number of ether oxygens (including phenoxy) is 1. The molecule has 0 aliphatic heterocycles. The summed E-state index contributed by atoms with van der Waals surface area (Å²) < 4.78 is 5.09. The first-order valence-electron chi connectivity index (χ1n) is 7.13. The van der Waals surface area contributed by atoms with Gasteiger partial charge in [-0.1, -0.05) is 53.8 Å². The van der Waals surface area contributed by atoms with Crippen LogP contribution >= 0.6 is 11.6 Å². The molecule has 0 aliphatic rings. The summed E-state index contributed by atoms with van der Waals surface area (Å²) in [5, 5.41) is 3.23. The Kier molecular flexibility index (Phi) is 6.34. The van der Waals surface area contributed by atoms with Crippen molar-refractivity contribution in [3.8, 4) is 11.8 Å². The second kappa shape index (κ2) is 8.72. The average Bonchev–Trinajstić information content (AvgIpc) is 2.56. The van der Waals surface area contributed by atoms with Gasteiger partial charge < -0.3 is 15.8 Å². The molecular formula is C18H17ClN2O2. The van der Waals surface area contributed by atoms with Gasteiger partial charge in [0, 0.05) is 29.2 Å². The van der Waals surface area contributed by atoms with Crippen molar-refractivity contribution < 1.29 is 9.53 Å². The number of carbonyl (C=O) groups excluding carboxylic acids is 1. The van der Waals surface area contributed by atoms with Crippen LogP contribution in [0.3, 0.4) is 0 Å². The van der Waals surface area contributed by atoms with Gasteiger partial charge in [-0.3, -0.25) is 0 Å². The van der Waals surface area contributed by atoms with Gasteiger partial charge >= 0.3 is 6.09 Å². The Hall–Kier alpha value is -2.64. The molecule has 0 fully saturated rings. The maximum absolute atomic E-state index is 11.5. The summed E-state index contributed by atoms with van der Waals surface area (Å²) >= 11 is 5.89. The van der Waals surface area contributed by atoms with Crippen LogP contribution in [0.4, 0.5) is 10.5 Å². The zero-order valence-electron chi connectivity index (χ0n) is 12.5. The van der Waals surface area contributed by atoms with E-state index in [9.17, 15) is 4.79 Å². The highest BCUT2D eigenvalue weighted by atomic mass is 35.5. The van der Waals surface area contributed by atoms with Gasteiger partial charge in [-0.2, -0.15) is 0 Å². The third kappa shape index (κ3) is 5.93. The van der Waals surface area contributed by atoms with Crippen molar-refractivity contribution in [2.45, 2.75) is 13.0 Å². The molecule has 2 rings (SSSR count). The lowest BCUT2D eigenvalue weighted by atomic mass is 10.2. The van der Waals surface area contributed by atoms with Gasteiger partial charge in [0.15, 0.2) is 0 Å². The molecular weight excluding hydrogens is 312 g/mol. The summed E-state index contributed by atoms with van der Waals surface area (Å²) in [5.41, 5.74) is 8.00. The highest BCUT2D eigenvalue weighted by molar-refractivity contribution is 6.30. The number of anilines is 1. The Morgan fingerprint density at radius 2 is 2.00 bits per heavy atom. The number of alkyl carbamates (subject to hydrolysis) is 1. The van der Waals surface area contributed by atoms with Crippen molar-refractivity contribution >= 4 is 23.4 Å². The molecule has 0 aromatic heterocycles. The van der Waals surface area contributed by atoms with Gasteiger partial charge in [0.1, 0.15) is 6.61 Å². The fraction of sp³-hybridized carbons (Fsp3) is 0.167. The van der Waals surface area contributed by atoms with Crippen LogP contribution in [-0.2, 0) is 11.3 Å². The summed E-state index contributed by atoms with van der Waals surface area (Å²) in [6.45, 7) is 0.651. The van der Waals surface area contributed by atoms with Crippen molar-refractivity contribution in [3.63, 3.8) is 0 Å². The fourth-order valence-electron chi connectivity index (χ4n) is 1.80. The number of nitrogen functional groups attached to an aromatic ring is 1. The number of carbonyl (C=O) groups is 1. The van der Waals surface area contributed by atoms with Crippen LogP contribution in [0.1, 0.15) is 17.5 Å². The summed E-state index contributed by atoms with van der Waals surface area (Å²) in [4.78, 5) is 11.5. The third-order valence-corrected chi connectivity index (χ3v) is 3.21. The van der Waals surface area contributed by atoms with Gasteiger partial charge in [-0.15, -0.1) is 0 Å². The van der Waals surface area contributed by atoms with E-state index in [1.807, 2.05) is 30.3 Å².